The molecule has 0 saturated carbocycles. The second-order valence-electron chi connectivity index (χ2n) is 4.09. The van der Waals surface area contributed by atoms with Crippen LogP contribution in [0.5, 0.6) is 0 Å². The van der Waals surface area contributed by atoms with Gasteiger partial charge in [0.1, 0.15) is 5.82 Å². The molecule has 1 unspecified atom stereocenters. The van der Waals surface area contributed by atoms with Crippen molar-refractivity contribution in [2.24, 2.45) is 12.8 Å². The van der Waals surface area contributed by atoms with E-state index in [1.807, 2.05) is 30.9 Å². The molecule has 92 valence electrons. The smallest absolute Gasteiger partial charge is 0.108 e. The first-order valence-electron chi connectivity index (χ1n) is 6.03. The summed E-state index contributed by atoms with van der Waals surface area (Å²) in [5, 5.41) is 0. The first-order valence-corrected chi connectivity index (χ1v) is 6.03. The summed E-state index contributed by atoms with van der Waals surface area (Å²) in [7, 11) is 2.02. The van der Waals surface area contributed by atoms with Crippen molar-refractivity contribution >= 4 is 0 Å². The quantitative estimate of drug-likeness (QED) is 0.682. The lowest BCUT2D eigenvalue weighted by molar-refractivity contribution is 0.141. The summed E-state index contributed by atoms with van der Waals surface area (Å²) in [6, 6.07) is 0.261. The van der Waals surface area contributed by atoms with Crippen molar-refractivity contribution in [1.82, 2.24) is 9.55 Å². The number of aryl methyl sites for hydroxylation is 2. The van der Waals surface area contributed by atoms with Crippen molar-refractivity contribution in [3.63, 3.8) is 0 Å². The summed E-state index contributed by atoms with van der Waals surface area (Å²) in [6.07, 6.45) is 7.84. The molecule has 0 aliphatic carbocycles. The van der Waals surface area contributed by atoms with Gasteiger partial charge in [-0.2, -0.15) is 0 Å². The number of imidazole rings is 1. The molecule has 1 rings (SSSR count). The van der Waals surface area contributed by atoms with Gasteiger partial charge in [-0.05, 0) is 26.2 Å². The van der Waals surface area contributed by atoms with Gasteiger partial charge in [-0.3, -0.25) is 0 Å². The Hall–Kier alpha value is -0.870. The van der Waals surface area contributed by atoms with Crippen molar-refractivity contribution in [3.8, 4) is 0 Å². The van der Waals surface area contributed by atoms with Gasteiger partial charge in [-0.15, -0.1) is 0 Å². The highest BCUT2D eigenvalue weighted by Crippen LogP contribution is 2.05. The van der Waals surface area contributed by atoms with Gasteiger partial charge in [0.15, 0.2) is 0 Å². The lowest BCUT2D eigenvalue weighted by Crippen LogP contribution is -2.21. The van der Waals surface area contributed by atoms with Crippen molar-refractivity contribution in [2.75, 3.05) is 13.2 Å². The number of ether oxygens (including phenoxy) is 1. The highest BCUT2D eigenvalue weighted by molar-refractivity contribution is 4.91. The van der Waals surface area contributed by atoms with Gasteiger partial charge in [0, 0.05) is 45.1 Å². The van der Waals surface area contributed by atoms with E-state index in [2.05, 4.69) is 4.98 Å². The Morgan fingerprint density at radius 3 is 2.94 bits per heavy atom. The third-order valence-electron chi connectivity index (χ3n) is 2.73. The molecule has 1 aromatic rings. The molecular weight excluding hydrogens is 202 g/mol. The molecule has 2 N–H and O–H groups in total. The standard InChI is InChI=1S/C12H23N3O/c1-3-16-10-4-5-11(13)6-7-12-14-8-9-15(12)2/h8-9,11H,3-7,10,13H2,1-2H3. The Kier molecular flexibility index (Phi) is 6.11. The van der Waals surface area contributed by atoms with E-state index in [4.69, 9.17) is 10.5 Å². The van der Waals surface area contributed by atoms with Crippen molar-refractivity contribution in [1.29, 1.82) is 0 Å². The highest BCUT2D eigenvalue weighted by Gasteiger charge is 2.05. The fourth-order valence-corrected chi connectivity index (χ4v) is 1.69. The van der Waals surface area contributed by atoms with Crippen LogP contribution in [0.4, 0.5) is 0 Å². The molecule has 0 amide bonds. The molecule has 1 heterocycles. The predicted molar refractivity (Wildman–Crippen MR) is 65.2 cm³/mol. The van der Waals surface area contributed by atoms with Gasteiger partial charge in [0.25, 0.3) is 0 Å². The third kappa shape index (κ3) is 4.77. The van der Waals surface area contributed by atoms with E-state index < -0.39 is 0 Å². The molecular formula is C12H23N3O. The molecule has 0 aliphatic heterocycles. The molecule has 0 fully saturated rings. The fourth-order valence-electron chi connectivity index (χ4n) is 1.69. The molecule has 16 heavy (non-hydrogen) atoms. The van der Waals surface area contributed by atoms with Gasteiger partial charge >= 0.3 is 0 Å². The van der Waals surface area contributed by atoms with Crippen LogP contribution in [0.15, 0.2) is 12.4 Å². The molecule has 0 bridgehead atoms. The van der Waals surface area contributed by atoms with Crippen LogP contribution in [0, 0.1) is 0 Å². The average Bonchev–Trinajstić information content (AvgIpc) is 2.67. The molecule has 0 aliphatic rings. The maximum Gasteiger partial charge on any atom is 0.108 e. The van der Waals surface area contributed by atoms with E-state index in [1.54, 1.807) is 0 Å². The first-order chi connectivity index (χ1) is 7.74. The van der Waals surface area contributed by atoms with Crippen LogP contribution in [0.25, 0.3) is 0 Å². The van der Waals surface area contributed by atoms with E-state index in [-0.39, 0.29) is 6.04 Å². The summed E-state index contributed by atoms with van der Waals surface area (Å²) in [5.74, 6) is 1.11. The Morgan fingerprint density at radius 2 is 2.31 bits per heavy atom. The molecule has 0 aromatic carbocycles. The summed E-state index contributed by atoms with van der Waals surface area (Å²) < 4.78 is 7.33. The zero-order valence-corrected chi connectivity index (χ0v) is 10.4. The lowest BCUT2D eigenvalue weighted by atomic mass is 10.1. The van der Waals surface area contributed by atoms with E-state index in [9.17, 15) is 0 Å². The molecule has 0 radical (unpaired) electrons. The lowest BCUT2D eigenvalue weighted by Gasteiger charge is -2.11. The normalized spacial score (nSPS) is 12.9. The van der Waals surface area contributed by atoms with Gasteiger partial charge in [0.2, 0.25) is 0 Å². The van der Waals surface area contributed by atoms with Gasteiger partial charge in [-0.25, -0.2) is 4.98 Å². The predicted octanol–water partition coefficient (Wildman–Crippen LogP) is 1.50. The van der Waals surface area contributed by atoms with Crippen LogP contribution >= 0.6 is 0 Å². The van der Waals surface area contributed by atoms with Gasteiger partial charge < -0.3 is 15.0 Å². The minimum absolute atomic E-state index is 0.261. The second kappa shape index (κ2) is 7.41. The van der Waals surface area contributed by atoms with E-state index in [0.29, 0.717) is 0 Å². The van der Waals surface area contributed by atoms with E-state index in [0.717, 1.165) is 44.7 Å². The number of rotatable bonds is 8. The van der Waals surface area contributed by atoms with Crippen LogP contribution in [0.3, 0.4) is 0 Å². The fraction of sp³-hybridized carbons (Fsp3) is 0.750. The first kappa shape index (κ1) is 13.2. The Labute approximate surface area is 97.8 Å². The molecule has 4 heteroatoms. The summed E-state index contributed by atoms with van der Waals surface area (Å²) in [5.41, 5.74) is 6.03. The number of hydrogen-bond acceptors (Lipinski definition) is 3. The zero-order chi connectivity index (χ0) is 11.8. The van der Waals surface area contributed by atoms with Crippen LogP contribution < -0.4 is 5.73 Å². The van der Waals surface area contributed by atoms with Crippen molar-refractivity contribution in [2.45, 2.75) is 38.6 Å². The second-order valence-corrected chi connectivity index (χ2v) is 4.09. The molecule has 0 saturated heterocycles. The molecule has 0 spiro atoms. The molecule has 1 atom stereocenters. The van der Waals surface area contributed by atoms with E-state index >= 15 is 0 Å². The topological polar surface area (TPSA) is 53.1 Å². The summed E-state index contributed by atoms with van der Waals surface area (Å²) >= 11 is 0. The SMILES string of the molecule is CCOCCCC(N)CCc1nccn1C. The van der Waals surface area contributed by atoms with Crippen LogP contribution in [-0.2, 0) is 18.2 Å². The maximum atomic E-state index is 6.03. The van der Waals surface area contributed by atoms with Crippen LogP contribution in [-0.4, -0.2) is 28.8 Å². The molecule has 1 aromatic heterocycles. The third-order valence-corrected chi connectivity index (χ3v) is 2.73. The van der Waals surface area contributed by atoms with E-state index in [1.165, 1.54) is 0 Å². The number of hydrogen-bond donors (Lipinski definition) is 1. The van der Waals surface area contributed by atoms with Crippen LogP contribution in [0.1, 0.15) is 32.0 Å². The monoisotopic (exact) mass is 225 g/mol. The van der Waals surface area contributed by atoms with Crippen LogP contribution in [0.2, 0.25) is 0 Å². The summed E-state index contributed by atoms with van der Waals surface area (Å²) in [4.78, 5) is 4.28. The highest BCUT2D eigenvalue weighted by atomic mass is 16.5. The average molecular weight is 225 g/mol. The van der Waals surface area contributed by atoms with Gasteiger partial charge in [0.05, 0.1) is 0 Å². The van der Waals surface area contributed by atoms with Crippen molar-refractivity contribution < 1.29 is 4.74 Å². The number of nitrogens with zero attached hydrogens (tertiary/aromatic N) is 2. The number of nitrogens with two attached hydrogens (primary N) is 1. The summed E-state index contributed by atoms with van der Waals surface area (Å²) in [6.45, 7) is 3.64. The minimum atomic E-state index is 0.261. The number of aromatic nitrogens is 2. The largest absolute Gasteiger partial charge is 0.382 e. The minimum Gasteiger partial charge on any atom is -0.382 e. The Balaban J connectivity index is 2.10. The Morgan fingerprint density at radius 1 is 1.50 bits per heavy atom. The van der Waals surface area contributed by atoms with Crippen molar-refractivity contribution in [3.05, 3.63) is 18.2 Å². The molecule has 4 nitrogen and oxygen atoms in total. The maximum absolute atomic E-state index is 6.03. The van der Waals surface area contributed by atoms with Gasteiger partial charge in [-0.1, -0.05) is 0 Å². The zero-order valence-electron chi connectivity index (χ0n) is 10.4. The Bertz CT molecular complexity index is 286.